The zero-order valence-corrected chi connectivity index (χ0v) is 23.5. The van der Waals surface area contributed by atoms with Crippen LogP contribution in [0.15, 0.2) is 59.8 Å². The van der Waals surface area contributed by atoms with E-state index in [0.717, 1.165) is 23.1 Å². The summed E-state index contributed by atoms with van der Waals surface area (Å²) in [7, 11) is -3.26. The molecule has 0 bridgehead atoms. The molecule has 1 unspecified atom stereocenters. The van der Waals surface area contributed by atoms with E-state index in [-0.39, 0.29) is 35.1 Å². The molecule has 2 aromatic carbocycles. The van der Waals surface area contributed by atoms with Crippen LogP contribution in [-0.4, -0.2) is 49.2 Å². The second kappa shape index (κ2) is 11.9. The highest BCUT2D eigenvalue weighted by molar-refractivity contribution is 7.91. The molecule has 0 radical (unpaired) electrons. The Bertz CT molecular complexity index is 1440. The Balaban J connectivity index is 1.47. The van der Waals surface area contributed by atoms with Crippen LogP contribution in [0.5, 0.6) is 0 Å². The number of hydrogen-bond donors (Lipinski definition) is 1. The highest BCUT2D eigenvalue weighted by Crippen LogP contribution is 2.37. The molecule has 1 N–H and O–H groups in total. The summed E-state index contributed by atoms with van der Waals surface area (Å²) >= 11 is 0. The largest absolute Gasteiger partial charge is 0.462 e. The molecule has 1 aromatic heterocycles. The predicted octanol–water partition coefficient (Wildman–Crippen LogP) is 4.14. The van der Waals surface area contributed by atoms with E-state index in [4.69, 9.17) is 4.74 Å². The molecule has 0 spiro atoms. The van der Waals surface area contributed by atoms with Gasteiger partial charge >= 0.3 is 5.97 Å². The molecular weight excluding hydrogens is 516 g/mol. The highest BCUT2D eigenvalue weighted by Gasteiger charge is 2.32. The Morgan fingerprint density at radius 1 is 1.05 bits per heavy atom. The normalized spacial score (nSPS) is 15.1. The number of aromatic nitrogens is 2. The minimum Gasteiger partial charge on any atom is -0.462 e. The lowest BCUT2D eigenvalue weighted by atomic mass is 9.85. The van der Waals surface area contributed by atoms with E-state index < -0.39 is 15.8 Å². The van der Waals surface area contributed by atoms with Gasteiger partial charge in [-0.1, -0.05) is 39.0 Å². The molecule has 0 saturated heterocycles. The summed E-state index contributed by atoms with van der Waals surface area (Å²) in [6, 6.07) is 12.4. The molecular formula is C29H34N4O5S. The number of nitrogens with one attached hydrogen (secondary N) is 1. The first-order valence-corrected chi connectivity index (χ1v) is 14.8. The van der Waals surface area contributed by atoms with Crippen LogP contribution in [0.4, 0.5) is 5.95 Å². The van der Waals surface area contributed by atoms with Gasteiger partial charge < -0.3 is 15.0 Å². The number of rotatable bonds is 9. The molecule has 4 rings (SSSR count). The average molecular weight is 551 g/mol. The molecule has 206 valence electrons. The van der Waals surface area contributed by atoms with Gasteiger partial charge in [0.25, 0.3) is 5.91 Å². The first-order valence-electron chi connectivity index (χ1n) is 13.1. The molecule has 0 aliphatic carbocycles. The molecule has 2 heterocycles. The number of ether oxygens (including phenoxy) is 1. The summed E-state index contributed by atoms with van der Waals surface area (Å²) in [5, 5.41) is 2.93. The van der Waals surface area contributed by atoms with Crippen molar-refractivity contribution in [2.24, 2.45) is 5.92 Å². The molecule has 0 saturated carbocycles. The van der Waals surface area contributed by atoms with Crippen LogP contribution in [0, 0.1) is 5.92 Å². The lowest BCUT2D eigenvalue weighted by Gasteiger charge is -2.40. The molecule has 1 atom stereocenters. The predicted molar refractivity (Wildman–Crippen MR) is 148 cm³/mol. The molecule has 1 amide bonds. The Hall–Kier alpha value is -3.79. The Morgan fingerprint density at radius 3 is 2.36 bits per heavy atom. The minimum absolute atomic E-state index is 0.0113. The smallest absolute Gasteiger partial charge is 0.341 e. The third-order valence-corrected chi connectivity index (χ3v) is 8.59. The van der Waals surface area contributed by atoms with Gasteiger partial charge in [0.05, 0.1) is 28.9 Å². The van der Waals surface area contributed by atoms with Crippen LogP contribution in [0.3, 0.4) is 0 Å². The van der Waals surface area contributed by atoms with Crippen molar-refractivity contribution in [3.63, 3.8) is 0 Å². The summed E-state index contributed by atoms with van der Waals surface area (Å²) in [6.07, 6.45) is 3.71. The van der Waals surface area contributed by atoms with Gasteiger partial charge in [-0.15, -0.1) is 0 Å². The number of fused-ring (bicyclic) bond motifs is 1. The minimum atomic E-state index is -3.26. The van der Waals surface area contributed by atoms with Crippen LogP contribution in [0.2, 0.25) is 0 Å². The van der Waals surface area contributed by atoms with Gasteiger partial charge in [-0.3, -0.25) is 4.79 Å². The van der Waals surface area contributed by atoms with Gasteiger partial charge in [0.15, 0.2) is 9.84 Å². The molecule has 39 heavy (non-hydrogen) atoms. The van der Waals surface area contributed by atoms with Gasteiger partial charge in [0, 0.05) is 31.0 Å². The van der Waals surface area contributed by atoms with E-state index in [1.54, 1.807) is 38.1 Å². The number of sulfone groups is 1. The van der Waals surface area contributed by atoms with Crippen LogP contribution in [0.25, 0.3) is 0 Å². The number of carbonyl (C=O) groups is 2. The van der Waals surface area contributed by atoms with Crippen molar-refractivity contribution >= 4 is 27.7 Å². The fourth-order valence-electron chi connectivity index (χ4n) is 4.80. The first-order chi connectivity index (χ1) is 18.6. The summed E-state index contributed by atoms with van der Waals surface area (Å²) in [5.74, 6) is 0.208. The van der Waals surface area contributed by atoms with Crippen molar-refractivity contribution in [3.05, 3.63) is 82.7 Å². The zero-order chi connectivity index (χ0) is 28.2. The second-order valence-electron chi connectivity index (χ2n) is 9.77. The van der Waals surface area contributed by atoms with Crippen molar-refractivity contribution in [2.45, 2.75) is 51.6 Å². The average Bonchev–Trinajstić information content (AvgIpc) is 2.95. The quantitative estimate of drug-likeness (QED) is 0.395. The summed E-state index contributed by atoms with van der Waals surface area (Å²) in [6.45, 7) is 8.90. The van der Waals surface area contributed by atoms with E-state index in [2.05, 4.69) is 34.0 Å². The lowest BCUT2D eigenvalue weighted by molar-refractivity contribution is 0.0525. The number of hydrogen-bond acceptors (Lipinski definition) is 8. The van der Waals surface area contributed by atoms with Gasteiger partial charge in [0.2, 0.25) is 5.95 Å². The van der Waals surface area contributed by atoms with Crippen molar-refractivity contribution in [1.29, 1.82) is 0 Å². The Morgan fingerprint density at radius 2 is 1.74 bits per heavy atom. The van der Waals surface area contributed by atoms with Crippen LogP contribution in [-0.2, 0) is 27.5 Å². The summed E-state index contributed by atoms with van der Waals surface area (Å²) < 4.78 is 29.0. The van der Waals surface area contributed by atoms with Crippen molar-refractivity contribution in [1.82, 2.24) is 15.3 Å². The van der Waals surface area contributed by atoms with Gasteiger partial charge in [0.1, 0.15) is 0 Å². The second-order valence-corrected chi connectivity index (χ2v) is 12.0. The monoisotopic (exact) mass is 550 g/mol. The van der Waals surface area contributed by atoms with Crippen LogP contribution < -0.4 is 10.2 Å². The van der Waals surface area contributed by atoms with E-state index in [0.29, 0.717) is 30.2 Å². The zero-order valence-electron chi connectivity index (χ0n) is 22.7. The van der Waals surface area contributed by atoms with Gasteiger partial charge in [-0.05, 0) is 60.2 Å². The van der Waals surface area contributed by atoms with Crippen molar-refractivity contribution in [3.8, 4) is 0 Å². The SMILES string of the molecule is CCOC(=O)c1cnc(N2CCc3cc(C(=O)NCc4ccc(S(=O)(=O)CC)cc4)ccc3C2C(C)C)nc1. The maximum Gasteiger partial charge on any atom is 0.341 e. The molecule has 1 aliphatic rings. The highest BCUT2D eigenvalue weighted by atomic mass is 32.2. The van der Waals surface area contributed by atoms with E-state index in [1.807, 2.05) is 18.2 Å². The van der Waals surface area contributed by atoms with Crippen LogP contribution >= 0.6 is 0 Å². The summed E-state index contributed by atoms with van der Waals surface area (Å²) in [4.78, 5) is 36.2. The fraction of sp³-hybridized carbons (Fsp3) is 0.379. The standard InChI is InChI=1S/C29H34N4O5S/c1-5-38-28(35)23-17-31-29(32-18-23)33-14-13-21-15-22(9-12-25(21)26(33)19(3)4)27(34)30-16-20-7-10-24(11-8-20)39(36,37)6-2/h7-12,15,17-19,26H,5-6,13-14,16H2,1-4H3,(H,30,34). The van der Waals surface area contributed by atoms with Gasteiger partial charge in [-0.25, -0.2) is 23.2 Å². The number of esters is 1. The van der Waals surface area contributed by atoms with Gasteiger partial charge in [-0.2, -0.15) is 0 Å². The lowest BCUT2D eigenvalue weighted by Crippen LogP contribution is -2.39. The topological polar surface area (TPSA) is 119 Å². The molecule has 0 fully saturated rings. The van der Waals surface area contributed by atoms with E-state index >= 15 is 0 Å². The number of amides is 1. The first kappa shape index (κ1) is 28.2. The molecule has 10 heteroatoms. The van der Waals surface area contributed by atoms with Crippen molar-refractivity contribution < 1.29 is 22.7 Å². The molecule has 3 aromatic rings. The number of carbonyl (C=O) groups excluding carboxylic acids is 2. The number of nitrogens with zero attached hydrogens (tertiary/aromatic N) is 3. The number of anilines is 1. The van der Waals surface area contributed by atoms with E-state index in [9.17, 15) is 18.0 Å². The Kier molecular flexibility index (Phi) is 8.64. The van der Waals surface area contributed by atoms with E-state index in [1.165, 1.54) is 12.4 Å². The molecule has 1 aliphatic heterocycles. The number of benzene rings is 2. The maximum atomic E-state index is 12.9. The fourth-order valence-corrected chi connectivity index (χ4v) is 5.68. The Labute approximate surface area is 229 Å². The third-order valence-electron chi connectivity index (χ3n) is 6.83. The summed E-state index contributed by atoms with van der Waals surface area (Å²) in [5.41, 5.74) is 3.94. The molecule has 9 nitrogen and oxygen atoms in total. The third kappa shape index (κ3) is 6.27. The maximum absolute atomic E-state index is 12.9. The van der Waals surface area contributed by atoms with Crippen LogP contribution in [0.1, 0.15) is 71.1 Å². The van der Waals surface area contributed by atoms with Crippen molar-refractivity contribution in [2.75, 3.05) is 23.8 Å².